The zero-order chi connectivity index (χ0) is 21.8. The van der Waals surface area contributed by atoms with Crippen LogP contribution in [0.25, 0.3) is 0 Å². The van der Waals surface area contributed by atoms with Gasteiger partial charge in [0.25, 0.3) is 0 Å². The van der Waals surface area contributed by atoms with Gasteiger partial charge in [-0.25, -0.2) is 4.79 Å². The largest absolute Gasteiger partial charge is 0.544 e. The number of hydrogen-bond acceptors (Lipinski definition) is 4. The molecule has 0 spiro atoms. The van der Waals surface area contributed by atoms with Gasteiger partial charge in [0.05, 0.1) is 0 Å². The Morgan fingerprint density at radius 3 is 2.04 bits per heavy atom. The van der Waals surface area contributed by atoms with Gasteiger partial charge in [0, 0.05) is 18.0 Å². The van der Waals surface area contributed by atoms with E-state index in [4.69, 9.17) is 9.16 Å². The average molecular weight is 408 g/mol. The van der Waals surface area contributed by atoms with Gasteiger partial charge in [0.15, 0.2) is 5.78 Å². The molecule has 0 unspecified atom stereocenters. The minimum atomic E-state index is -1.89. The Hall–Kier alpha value is -1.82. The number of rotatable bonds is 7. The molecular weight excluding hydrogens is 370 g/mol. The van der Waals surface area contributed by atoms with Crippen molar-refractivity contribution in [1.29, 1.82) is 0 Å². The van der Waals surface area contributed by atoms with E-state index in [9.17, 15) is 9.59 Å². The maximum atomic E-state index is 12.4. The van der Waals surface area contributed by atoms with Crippen LogP contribution in [0.4, 0.5) is 4.79 Å². The van der Waals surface area contributed by atoms with Crippen molar-refractivity contribution in [1.82, 2.24) is 5.32 Å². The number of Topliss-reactive ketones (excluding diaryl/α,β-unsaturated/α-hetero) is 1. The Labute approximate surface area is 171 Å². The van der Waals surface area contributed by atoms with Gasteiger partial charge in [-0.3, -0.25) is 4.79 Å². The summed E-state index contributed by atoms with van der Waals surface area (Å²) in [6, 6.07) is 7.24. The third-order valence-corrected chi connectivity index (χ3v) is 9.28. The van der Waals surface area contributed by atoms with Gasteiger partial charge in [-0.1, -0.05) is 20.8 Å². The topological polar surface area (TPSA) is 64.6 Å². The lowest BCUT2D eigenvalue weighted by atomic mass is 10.0. The molecule has 0 aliphatic rings. The fourth-order valence-corrected chi connectivity index (χ4v) is 3.26. The standard InChI is InChI=1S/C22H37NO4Si/c1-16(23-20(25)26-21(2,3)4)10-15-19(24)17-11-13-18(14-12-17)27-28(8,9)22(5,6)7/h11-14,16H,10,15H2,1-9H3,(H,23,25)/t16-/m0/s1. The molecule has 0 saturated carbocycles. The van der Waals surface area contributed by atoms with Crippen LogP contribution in [0.2, 0.25) is 18.1 Å². The van der Waals surface area contributed by atoms with Gasteiger partial charge in [0.1, 0.15) is 11.4 Å². The maximum Gasteiger partial charge on any atom is 0.407 e. The van der Waals surface area contributed by atoms with Gasteiger partial charge >= 0.3 is 6.09 Å². The SMILES string of the molecule is C[C@@H](CCC(=O)c1ccc(O[Si](C)(C)C(C)(C)C)cc1)NC(=O)OC(C)(C)C. The van der Waals surface area contributed by atoms with Crippen LogP contribution in [0.3, 0.4) is 0 Å². The summed E-state index contributed by atoms with van der Waals surface area (Å²) in [6.07, 6.45) is 0.458. The van der Waals surface area contributed by atoms with Crippen LogP contribution < -0.4 is 9.74 Å². The lowest BCUT2D eigenvalue weighted by Gasteiger charge is -2.36. The Morgan fingerprint density at radius 2 is 1.57 bits per heavy atom. The Bertz CT molecular complexity index is 669. The highest BCUT2D eigenvalue weighted by molar-refractivity contribution is 6.74. The van der Waals surface area contributed by atoms with Crippen molar-refractivity contribution in [2.45, 2.75) is 91.1 Å². The molecule has 28 heavy (non-hydrogen) atoms. The predicted octanol–water partition coefficient (Wildman–Crippen LogP) is 5.95. The second-order valence-electron chi connectivity index (χ2n) is 9.90. The third-order valence-electron chi connectivity index (χ3n) is 4.92. The number of alkyl carbamates (subject to hydrolysis) is 1. The van der Waals surface area contributed by atoms with Crippen molar-refractivity contribution >= 4 is 20.2 Å². The third kappa shape index (κ3) is 8.05. The molecule has 1 aromatic rings. The molecule has 1 rings (SSSR count). The first-order chi connectivity index (χ1) is 12.6. The van der Waals surface area contributed by atoms with Gasteiger partial charge in [-0.15, -0.1) is 0 Å². The lowest BCUT2D eigenvalue weighted by Crippen LogP contribution is -2.43. The smallest absolute Gasteiger partial charge is 0.407 e. The number of ether oxygens (including phenoxy) is 1. The van der Waals surface area contributed by atoms with Crippen molar-refractivity contribution < 1.29 is 18.8 Å². The number of nitrogens with one attached hydrogen (secondary N) is 1. The molecule has 1 atom stereocenters. The zero-order valence-electron chi connectivity index (χ0n) is 18.9. The van der Waals surface area contributed by atoms with Crippen LogP contribution in [-0.4, -0.2) is 31.8 Å². The molecule has 0 heterocycles. The van der Waals surface area contributed by atoms with Crippen molar-refractivity contribution in [2.75, 3.05) is 0 Å². The van der Waals surface area contributed by atoms with E-state index in [0.717, 1.165) is 5.75 Å². The Morgan fingerprint density at radius 1 is 1.04 bits per heavy atom. The van der Waals surface area contributed by atoms with Crippen LogP contribution in [0, 0.1) is 0 Å². The van der Waals surface area contributed by atoms with Crippen LogP contribution in [0.5, 0.6) is 5.75 Å². The van der Waals surface area contributed by atoms with Crippen LogP contribution in [0.15, 0.2) is 24.3 Å². The predicted molar refractivity (Wildman–Crippen MR) is 117 cm³/mol. The van der Waals surface area contributed by atoms with E-state index >= 15 is 0 Å². The second kappa shape index (κ2) is 9.12. The molecule has 0 saturated heterocycles. The van der Waals surface area contributed by atoms with Gasteiger partial charge in [-0.05, 0) is 76.5 Å². The summed E-state index contributed by atoms with van der Waals surface area (Å²) in [5.74, 6) is 0.861. The van der Waals surface area contributed by atoms with Crippen LogP contribution in [0.1, 0.15) is 71.7 Å². The van der Waals surface area contributed by atoms with Gasteiger partial charge in [0.2, 0.25) is 8.32 Å². The molecule has 6 heteroatoms. The summed E-state index contributed by atoms with van der Waals surface area (Å²) >= 11 is 0. The molecule has 0 bridgehead atoms. The highest BCUT2D eigenvalue weighted by Gasteiger charge is 2.38. The monoisotopic (exact) mass is 407 g/mol. The van der Waals surface area contributed by atoms with Gasteiger partial charge in [-0.2, -0.15) is 0 Å². The fraction of sp³-hybridized carbons (Fsp3) is 0.636. The normalized spacial score (nSPS) is 13.6. The number of amides is 1. The van der Waals surface area contributed by atoms with E-state index in [1.807, 2.05) is 52.0 Å². The summed E-state index contributed by atoms with van der Waals surface area (Å²) in [6.45, 7) is 18.3. The molecule has 1 aromatic carbocycles. The van der Waals surface area contributed by atoms with Crippen molar-refractivity contribution in [3.05, 3.63) is 29.8 Å². The number of carbonyl (C=O) groups is 2. The number of hydrogen-bond donors (Lipinski definition) is 1. The lowest BCUT2D eigenvalue weighted by molar-refractivity contribution is 0.0504. The van der Waals surface area contributed by atoms with E-state index in [1.54, 1.807) is 0 Å². The van der Waals surface area contributed by atoms with Crippen molar-refractivity contribution in [2.24, 2.45) is 0 Å². The van der Waals surface area contributed by atoms with Crippen molar-refractivity contribution in [3.63, 3.8) is 0 Å². The molecule has 0 aromatic heterocycles. The minimum Gasteiger partial charge on any atom is -0.544 e. The van der Waals surface area contributed by atoms with Crippen molar-refractivity contribution in [3.8, 4) is 5.75 Å². The first kappa shape index (κ1) is 24.2. The molecule has 0 radical (unpaired) electrons. The molecule has 0 fully saturated rings. The van der Waals surface area contributed by atoms with E-state index < -0.39 is 20.0 Å². The molecule has 0 aliphatic heterocycles. The Balaban J connectivity index is 2.56. The quantitative estimate of drug-likeness (QED) is 0.448. The Kier molecular flexibility index (Phi) is 7.88. The first-order valence-electron chi connectivity index (χ1n) is 9.92. The average Bonchev–Trinajstić information content (AvgIpc) is 2.50. The van der Waals surface area contributed by atoms with E-state index in [0.29, 0.717) is 18.4 Å². The summed E-state index contributed by atoms with van der Waals surface area (Å²) in [5, 5.41) is 2.89. The fourth-order valence-electron chi connectivity index (χ4n) is 2.23. The summed E-state index contributed by atoms with van der Waals surface area (Å²) < 4.78 is 11.5. The van der Waals surface area contributed by atoms with E-state index in [1.165, 1.54) is 0 Å². The number of carbonyl (C=O) groups excluding carboxylic acids is 2. The van der Waals surface area contributed by atoms with E-state index in [-0.39, 0.29) is 16.9 Å². The maximum absolute atomic E-state index is 12.4. The number of ketones is 1. The zero-order valence-corrected chi connectivity index (χ0v) is 19.9. The molecule has 5 nitrogen and oxygen atoms in total. The van der Waals surface area contributed by atoms with Crippen LogP contribution >= 0.6 is 0 Å². The summed E-state index contributed by atoms with van der Waals surface area (Å²) in [4.78, 5) is 24.2. The molecule has 158 valence electrons. The van der Waals surface area contributed by atoms with Gasteiger partial charge < -0.3 is 14.5 Å². The first-order valence-corrected chi connectivity index (χ1v) is 12.8. The summed E-state index contributed by atoms with van der Waals surface area (Å²) in [5.41, 5.74) is 0.125. The number of benzene rings is 1. The highest BCUT2D eigenvalue weighted by atomic mass is 28.4. The molecular formula is C22H37NO4Si. The minimum absolute atomic E-state index is 0.0525. The van der Waals surface area contributed by atoms with E-state index in [2.05, 4.69) is 39.2 Å². The highest BCUT2D eigenvalue weighted by Crippen LogP contribution is 2.37. The molecule has 1 N–H and O–H groups in total. The second-order valence-corrected chi connectivity index (χ2v) is 14.6. The summed E-state index contributed by atoms with van der Waals surface area (Å²) in [7, 11) is -1.89. The molecule has 1 amide bonds. The van der Waals surface area contributed by atoms with Crippen LogP contribution in [-0.2, 0) is 4.74 Å². The molecule has 0 aliphatic carbocycles.